The molecule has 21 heavy (non-hydrogen) atoms. The maximum atomic E-state index is 13.0. The normalized spacial score (nSPS) is 22.7. The lowest BCUT2D eigenvalue weighted by Crippen LogP contribution is -2.54. The molecule has 1 aromatic rings. The minimum absolute atomic E-state index is 0.126. The molecule has 0 radical (unpaired) electrons. The molecular weight excluding hydrogens is 282 g/mol. The summed E-state index contributed by atoms with van der Waals surface area (Å²) >= 11 is 0. The van der Waals surface area contributed by atoms with Crippen molar-refractivity contribution < 1.29 is 8.42 Å². The molecule has 0 amide bonds. The molecule has 0 heterocycles. The van der Waals surface area contributed by atoms with Gasteiger partial charge in [0.1, 0.15) is 0 Å². The summed E-state index contributed by atoms with van der Waals surface area (Å²) in [5.41, 5.74) is 1.91. The number of hydrogen-bond acceptors (Lipinski definition) is 3. The van der Waals surface area contributed by atoms with E-state index in [0.29, 0.717) is 17.7 Å². The standard InChI is InChI=1S/C17H21NO2S/c1-13-5-6-15(14(2)9-13)21(19,20)17(12-18)10-16(11-17)7-3-4-8-16/h5-6,9H,3-4,7-8,10-11H2,1-2H3. The van der Waals surface area contributed by atoms with Gasteiger partial charge >= 0.3 is 0 Å². The molecule has 0 aromatic heterocycles. The van der Waals surface area contributed by atoms with E-state index in [1.807, 2.05) is 26.0 Å². The smallest absolute Gasteiger partial charge is 0.197 e. The third-order valence-electron chi connectivity index (χ3n) is 5.32. The zero-order valence-corrected chi connectivity index (χ0v) is 13.5. The van der Waals surface area contributed by atoms with E-state index in [1.54, 1.807) is 6.07 Å². The summed E-state index contributed by atoms with van der Waals surface area (Å²) in [7, 11) is -3.59. The highest BCUT2D eigenvalue weighted by Crippen LogP contribution is 2.61. The van der Waals surface area contributed by atoms with Gasteiger partial charge in [0.2, 0.25) is 0 Å². The molecule has 0 bridgehead atoms. The minimum Gasteiger partial charge on any atom is -0.222 e. The molecule has 0 aliphatic heterocycles. The van der Waals surface area contributed by atoms with Gasteiger partial charge in [0.25, 0.3) is 0 Å². The molecule has 2 aliphatic rings. The van der Waals surface area contributed by atoms with Gasteiger partial charge in [-0.15, -0.1) is 0 Å². The SMILES string of the molecule is Cc1ccc(S(=O)(=O)C2(C#N)CC3(CCCC3)C2)c(C)c1. The van der Waals surface area contributed by atoms with Crippen LogP contribution in [-0.2, 0) is 9.84 Å². The molecule has 1 aromatic carbocycles. The minimum atomic E-state index is -3.59. The third-order valence-corrected chi connectivity index (χ3v) is 7.77. The van der Waals surface area contributed by atoms with E-state index in [0.717, 1.165) is 24.0 Å². The molecule has 2 aliphatic carbocycles. The summed E-state index contributed by atoms with van der Waals surface area (Å²) in [6, 6.07) is 7.52. The average molecular weight is 303 g/mol. The second kappa shape index (κ2) is 4.58. The Kier molecular flexibility index (Phi) is 3.18. The van der Waals surface area contributed by atoms with Crippen LogP contribution in [0.5, 0.6) is 0 Å². The molecule has 2 saturated carbocycles. The average Bonchev–Trinajstić information content (AvgIpc) is 2.84. The van der Waals surface area contributed by atoms with Crippen molar-refractivity contribution in [2.75, 3.05) is 0 Å². The number of nitrogens with zero attached hydrogens (tertiary/aromatic N) is 1. The van der Waals surface area contributed by atoms with Crippen molar-refractivity contribution in [3.05, 3.63) is 29.3 Å². The summed E-state index contributed by atoms with van der Waals surface area (Å²) in [5.74, 6) is 0. The summed E-state index contributed by atoms with van der Waals surface area (Å²) in [6.07, 6.45) is 5.55. The van der Waals surface area contributed by atoms with Crippen molar-refractivity contribution in [2.24, 2.45) is 5.41 Å². The van der Waals surface area contributed by atoms with Crippen LogP contribution in [0.25, 0.3) is 0 Å². The van der Waals surface area contributed by atoms with Crippen LogP contribution >= 0.6 is 0 Å². The Balaban J connectivity index is 2.00. The molecule has 3 rings (SSSR count). The van der Waals surface area contributed by atoms with E-state index in [-0.39, 0.29) is 5.41 Å². The molecule has 1 spiro atoms. The van der Waals surface area contributed by atoms with Crippen molar-refractivity contribution in [1.82, 2.24) is 0 Å². The Morgan fingerprint density at radius 2 is 1.76 bits per heavy atom. The second-order valence-electron chi connectivity index (χ2n) is 6.94. The Morgan fingerprint density at radius 1 is 1.14 bits per heavy atom. The molecule has 2 fully saturated rings. The Bertz CT molecular complexity index is 714. The lowest BCUT2D eigenvalue weighted by Gasteiger charge is -2.50. The van der Waals surface area contributed by atoms with Crippen LogP contribution in [0, 0.1) is 30.6 Å². The molecular formula is C17H21NO2S. The first kappa shape index (κ1) is 14.6. The fraction of sp³-hybridized carbons (Fsp3) is 0.588. The number of benzene rings is 1. The van der Waals surface area contributed by atoms with Crippen molar-refractivity contribution in [2.45, 2.75) is 62.0 Å². The Labute approximate surface area is 126 Å². The van der Waals surface area contributed by atoms with Gasteiger partial charge in [-0.05, 0) is 56.6 Å². The molecule has 0 atom stereocenters. The fourth-order valence-corrected chi connectivity index (χ4v) is 6.54. The van der Waals surface area contributed by atoms with Crippen LogP contribution < -0.4 is 0 Å². The van der Waals surface area contributed by atoms with Crippen LogP contribution in [0.4, 0.5) is 0 Å². The topological polar surface area (TPSA) is 57.9 Å². The quantitative estimate of drug-likeness (QED) is 0.837. The van der Waals surface area contributed by atoms with E-state index in [1.165, 1.54) is 12.8 Å². The summed E-state index contributed by atoms with van der Waals surface area (Å²) in [6.45, 7) is 3.76. The van der Waals surface area contributed by atoms with Gasteiger partial charge in [-0.25, -0.2) is 8.42 Å². The summed E-state index contributed by atoms with van der Waals surface area (Å²) < 4.78 is 24.8. The van der Waals surface area contributed by atoms with Gasteiger partial charge in [0.05, 0.1) is 11.0 Å². The monoisotopic (exact) mass is 303 g/mol. The van der Waals surface area contributed by atoms with Crippen molar-refractivity contribution in [3.63, 3.8) is 0 Å². The van der Waals surface area contributed by atoms with Crippen LogP contribution in [0.15, 0.2) is 23.1 Å². The molecule has 112 valence electrons. The van der Waals surface area contributed by atoms with E-state index in [4.69, 9.17) is 0 Å². The molecule has 3 nitrogen and oxygen atoms in total. The first-order valence-corrected chi connectivity index (χ1v) is 9.06. The Morgan fingerprint density at radius 3 is 2.29 bits per heavy atom. The van der Waals surface area contributed by atoms with Crippen molar-refractivity contribution in [3.8, 4) is 6.07 Å². The van der Waals surface area contributed by atoms with Gasteiger partial charge < -0.3 is 0 Å². The third kappa shape index (κ3) is 2.02. The van der Waals surface area contributed by atoms with Crippen LogP contribution in [0.1, 0.15) is 49.7 Å². The van der Waals surface area contributed by atoms with Crippen LogP contribution in [0.3, 0.4) is 0 Å². The van der Waals surface area contributed by atoms with Crippen LogP contribution in [-0.4, -0.2) is 13.2 Å². The number of aryl methyl sites for hydroxylation is 2. The zero-order chi connectivity index (χ0) is 15.3. The summed E-state index contributed by atoms with van der Waals surface area (Å²) in [5, 5.41) is 9.59. The number of hydrogen-bond donors (Lipinski definition) is 0. The summed E-state index contributed by atoms with van der Waals surface area (Å²) in [4.78, 5) is 0.336. The van der Waals surface area contributed by atoms with E-state index in [2.05, 4.69) is 6.07 Å². The van der Waals surface area contributed by atoms with Gasteiger partial charge in [-0.1, -0.05) is 30.5 Å². The van der Waals surface area contributed by atoms with E-state index in [9.17, 15) is 13.7 Å². The lowest BCUT2D eigenvalue weighted by atomic mass is 9.61. The first-order valence-electron chi connectivity index (χ1n) is 7.57. The zero-order valence-electron chi connectivity index (χ0n) is 12.6. The maximum Gasteiger partial charge on any atom is 0.197 e. The van der Waals surface area contributed by atoms with Gasteiger partial charge in [-0.3, -0.25) is 0 Å². The largest absolute Gasteiger partial charge is 0.222 e. The van der Waals surface area contributed by atoms with Crippen LogP contribution in [0.2, 0.25) is 0 Å². The molecule has 0 N–H and O–H groups in total. The predicted octanol–water partition coefficient (Wildman–Crippen LogP) is 3.69. The molecule has 4 heteroatoms. The highest BCUT2D eigenvalue weighted by Gasteiger charge is 2.63. The highest BCUT2D eigenvalue weighted by molar-refractivity contribution is 7.93. The van der Waals surface area contributed by atoms with Gasteiger partial charge in [-0.2, -0.15) is 5.26 Å². The highest BCUT2D eigenvalue weighted by atomic mass is 32.2. The second-order valence-corrected chi connectivity index (χ2v) is 9.17. The fourth-order valence-electron chi connectivity index (χ4n) is 4.28. The number of sulfone groups is 1. The van der Waals surface area contributed by atoms with E-state index >= 15 is 0 Å². The molecule has 0 saturated heterocycles. The lowest BCUT2D eigenvalue weighted by molar-refractivity contribution is 0.113. The maximum absolute atomic E-state index is 13.0. The van der Waals surface area contributed by atoms with Gasteiger partial charge in [0, 0.05) is 0 Å². The van der Waals surface area contributed by atoms with Crippen molar-refractivity contribution >= 4 is 9.84 Å². The Hall–Kier alpha value is -1.34. The van der Waals surface area contributed by atoms with Crippen molar-refractivity contribution in [1.29, 1.82) is 5.26 Å². The molecule has 0 unspecified atom stereocenters. The van der Waals surface area contributed by atoms with Gasteiger partial charge in [0.15, 0.2) is 14.6 Å². The van der Waals surface area contributed by atoms with E-state index < -0.39 is 14.6 Å². The first-order chi connectivity index (χ1) is 9.84. The number of nitriles is 1. The number of rotatable bonds is 2. The predicted molar refractivity (Wildman–Crippen MR) is 81.6 cm³/mol.